The second-order valence-corrected chi connectivity index (χ2v) is 8.44. The molecular formula is C22H18Cl2N2O2S. The second-order valence-electron chi connectivity index (χ2n) is 6.49. The number of hydrogen-bond acceptors (Lipinski definition) is 4. The Morgan fingerprint density at radius 1 is 1.00 bits per heavy atom. The van der Waals surface area contributed by atoms with Gasteiger partial charge in [0.25, 0.3) is 5.91 Å². The number of rotatable bonds is 5. The fourth-order valence-electron chi connectivity index (χ4n) is 2.97. The highest BCUT2D eigenvalue weighted by Gasteiger charge is 2.17. The first-order chi connectivity index (χ1) is 14.1. The van der Waals surface area contributed by atoms with Gasteiger partial charge in [-0.05, 0) is 79.0 Å². The lowest BCUT2D eigenvalue weighted by Gasteiger charge is -2.17. The topological polar surface area (TPSA) is 41.6 Å². The maximum Gasteiger partial charge on any atom is 0.257 e. The first-order valence-electron chi connectivity index (χ1n) is 9.13. The summed E-state index contributed by atoms with van der Waals surface area (Å²) in [6, 6.07) is 19.8. The number of nitrogens with one attached hydrogen (secondary N) is 1. The summed E-state index contributed by atoms with van der Waals surface area (Å²) < 4.78 is 7.96. The average molecular weight is 445 g/mol. The Morgan fingerprint density at radius 2 is 1.83 bits per heavy atom. The van der Waals surface area contributed by atoms with Crippen LogP contribution in [0.3, 0.4) is 0 Å². The number of carbonyl (C=O) groups excluding carboxylic acids is 1. The zero-order chi connectivity index (χ0) is 20.2. The van der Waals surface area contributed by atoms with Crippen LogP contribution in [0, 0.1) is 0 Å². The number of hydrogen-bond donors (Lipinski definition) is 1. The minimum atomic E-state index is -0.251. The van der Waals surface area contributed by atoms with Gasteiger partial charge in [0.1, 0.15) is 11.5 Å². The van der Waals surface area contributed by atoms with E-state index >= 15 is 0 Å². The van der Waals surface area contributed by atoms with Crippen molar-refractivity contribution in [3.05, 3.63) is 82.3 Å². The van der Waals surface area contributed by atoms with E-state index in [9.17, 15) is 4.79 Å². The molecule has 4 nitrogen and oxygen atoms in total. The van der Waals surface area contributed by atoms with Crippen molar-refractivity contribution < 1.29 is 9.53 Å². The predicted molar refractivity (Wildman–Crippen MR) is 122 cm³/mol. The van der Waals surface area contributed by atoms with Crippen molar-refractivity contribution in [2.24, 2.45) is 0 Å². The van der Waals surface area contributed by atoms with Gasteiger partial charge < -0.3 is 14.4 Å². The summed E-state index contributed by atoms with van der Waals surface area (Å²) in [6.45, 7) is 0.996. The van der Waals surface area contributed by atoms with Crippen LogP contribution in [0.5, 0.6) is 11.5 Å². The molecule has 7 heteroatoms. The summed E-state index contributed by atoms with van der Waals surface area (Å²) in [5.74, 6) is 2.16. The number of benzene rings is 3. The number of nitrogens with zero attached hydrogens (tertiary/aromatic N) is 1. The molecule has 1 heterocycles. The lowest BCUT2D eigenvalue weighted by atomic mass is 10.1. The molecule has 1 aliphatic rings. The van der Waals surface area contributed by atoms with Gasteiger partial charge in [0.15, 0.2) is 0 Å². The van der Waals surface area contributed by atoms with Gasteiger partial charge in [0.05, 0.1) is 10.6 Å². The van der Waals surface area contributed by atoms with Crippen LogP contribution < -0.4 is 14.4 Å². The largest absolute Gasteiger partial charge is 0.457 e. The highest BCUT2D eigenvalue weighted by molar-refractivity contribution is 8.00. The Hall–Kier alpha value is -2.34. The zero-order valence-electron chi connectivity index (χ0n) is 15.4. The van der Waals surface area contributed by atoms with E-state index in [1.807, 2.05) is 24.3 Å². The van der Waals surface area contributed by atoms with Crippen LogP contribution in [0.25, 0.3) is 0 Å². The molecule has 29 heavy (non-hydrogen) atoms. The van der Waals surface area contributed by atoms with Crippen LogP contribution >= 0.6 is 35.1 Å². The quantitative estimate of drug-likeness (QED) is 0.434. The van der Waals surface area contributed by atoms with E-state index in [0.29, 0.717) is 32.8 Å². The Labute approximate surface area is 183 Å². The van der Waals surface area contributed by atoms with Gasteiger partial charge in [-0.15, -0.1) is 0 Å². The summed E-state index contributed by atoms with van der Waals surface area (Å²) in [5, 5.41) is 3.92. The van der Waals surface area contributed by atoms with E-state index in [4.69, 9.17) is 27.9 Å². The van der Waals surface area contributed by atoms with Crippen molar-refractivity contribution in [2.45, 2.75) is 6.42 Å². The van der Waals surface area contributed by atoms with Crippen molar-refractivity contribution in [3.63, 3.8) is 0 Å². The summed E-state index contributed by atoms with van der Waals surface area (Å²) in [6.07, 6.45) is 1.15. The number of amides is 1. The normalized spacial score (nSPS) is 13.4. The molecule has 1 N–H and O–H groups in total. The highest BCUT2D eigenvalue weighted by atomic mass is 35.5. The summed E-state index contributed by atoms with van der Waals surface area (Å²) in [7, 11) is 0. The molecule has 3 aromatic carbocycles. The molecule has 0 aromatic heterocycles. The van der Waals surface area contributed by atoms with Crippen LogP contribution in [0.1, 0.15) is 16.8 Å². The molecule has 1 fully saturated rings. The first kappa shape index (κ1) is 20.0. The predicted octanol–water partition coefficient (Wildman–Crippen LogP) is 6.90. The number of ether oxygens (including phenoxy) is 1. The summed E-state index contributed by atoms with van der Waals surface area (Å²) in [5.41, 5.74) is 2.12. The molecule has 148 valence electrons. The molecule has 0 aliphatic carbocycles. The number of halogens is 2. The standard InChI is InChI=1S/C22H18Cl2N2O2S/c23-15-3-1-4-19(13-15)28-18-8-5-16(6-9-18)25-22(27)20-10-7-17(14-21(20)24)26-11-2-12-29-26/h1,3-10,13-14H,2,11-12H2,(H,25,27). The van der Waals surface area contributed by atoms with Crippen molar-refractivity contribution in [2.75, 3.05) is 21.9 Å². The molecular weight excluding hydrogens is 427 g/mol. The molecule has 0 radical (unpaired) electrons. The number of anilines is 2. The molecule has 0 bridgehead atoms. The minimum absolute atomic E-state index is 0.251. The molecule has 0 spiro atoms. The van der Waals surface area contributed by atoms with Gasteiger partial charge in [-0.1, -0.05) is 29.3 Å². The van der Waals surface area contributed by atoms with Crippen LogP contribution in [-0.2, 0) is 0 Å². The van der Waals surface area contributed by atoms with Crippen molar-refractivity contribution in [1.29, 1.82) is 0 Å². The summed E-state index contributed by atoms with van der Waals surface area (Å²) in [4.78, 5) is 12.6. The monoisotopic (exact) mass is 444 g/mol. The molecule has 3 aromatic rings. The Kier molecular flexibility index (Phi) is 6.19. The van der Waals surface area contributed by atoms with Gasteiger partial charge in [0, 0.05) is 28.7 Å². The van der Waals surface area contributed by atoms with Gasteiger partial charge >= 0.3 is 0 Å². The lowest BCUT2D eigenvalue weighted by molar-refractivity contribution is 0.102. The SMILES string of the molecule is O=C(Nc1ccc(Oc2cccc(Cl)c2)cc1)c1ccc(N2CCCS2)cc1Cl. The van der Waals surface area contributed by atoms with Gasteiger partial charge in [-0.25, -0.2) is 0 Å². The van der Waals surface area contributed by atoms with Crippen molar-refractivity contribution >= 4 is 52.4 Å². The Bertz CT molecular complexity index is 1020. The fraction of sp³-hybridized carbons (Fsp3) is 0.136. The van der Waals surface area contributed by atoms with E-state index in [1.54, 1.807) is 54.4 Å². The second kappa shape index (κ2) is 8.99. The fourth-order valence-corrected chi connectivity index (χ4v) is 4.41. The molecule has 1 aliphatic heterocycles. The van der Waals surface area contributed by atoms with Crippen LogP contribution in [0.2, 0.25) is 10.0 Å². The molecule has 1 saturated heterocycles. The molecule has 0 atom stereocenters. The maximum atomic E-state index is 12.6. The number of carbonyl (C=O) groups is 1. The van der Waals surface area contributed by atoms with Crippen molar-refractivity contribution in [1.82, 2.24) is 0 Å². The van der Waals surface area contributed by atoms with E-state index < -0.39 is 0 Å². The third kappa shape index (κ3) is 4.99. The van der Waals surface area contributed by atoms with Crippen LogP contribution in [0.4, 0.5) is 11.4 Å². The van der Waals surface area contributed by atoms with Crippen molar-refractivity contribution in [3.8, 4) is 11.5 Å². The molecule has 1 amide bonds. The highest BCUT2D eigenvalue weighted by Crippen LogP contribution is 2.32. The molecule has 0 saturated carbocycles. The van der Waals surface area contributed by atoms with Gasteiger partial charge in [0.2, 0.25) is 0 Å². The zero-order valence-corrected chi connectivity index (χ0v) is 17.7. The molecule has 4 rings (SSSR count). The average Bonchev–Trinajstić information content (AvgIpc) is 3.24. The van der Waals surface area contributed by atoms with Gasteiger partial charge in [-0.2, -0.15) is 0 Å². The summed E-state index contributed by atoms with van der Waals surface area (Å²) >= 11 is 14.1. The minimum Gasteiger partial charge on any atom is -0.457 e. The van der Waals surface area contributed by atoms with E-state index in [1.165, 1.54) is 0 Å². The van der Waals surface area contributed by atoms with E-state index in [2.05, 4.69) is 9.62 Å². The third-order valence-corrected chi connectivity index (χ3v) is 6.11. The lowest BCUT2D eigenvalue weighted by Crippen LogP contribution is -2.14. The van der Waals surface area contributed by atoms with Gasteiger partial charge in [-0.3, -0.25) is 4.79 Å². The third-order valence-electron chi connectivity index (χ3n) is 4.38. The Morgan fingerprint density at radius 3 is 2.52 bits per heavy atom. The maximum absolute atomic E-state index is 12.6. The molecule has 0 unspecified atom stereocenters. The van der Waals surface area contributed by atoms with Crippen LogP contribution in [-0.4, -0.2) is 18.2 Å². The first-order valence-corrected chi connectivity index (χ1v) is 10.8. The van der Waals surface area contributed by atoms with E-state index in [0.717, 1.165) is 24.4 Å². The smallest absolute Gasteiger partial charge is 0.257 e. The Balaban J connectivity index is 1.41. The van der Waals surface area contributed by atoms with Crippen LogP contribution in [0.15, 0.2) is 66.7 Å². The van der Waals surface area contributed by atoms with E-state index in [-0.39, 0.29) is 5.91 Å².